The quantitative estimate of drug-likeness (QED) is 0.511. The molecule has 0 aliphatic carbocycles. The molecule has 0 bridgehead atoms. The zero-order chi connectivity index (χ0) is 23.3. The molecule has 3 rings (SSSR count). The standard InChI is InChI=1S/C24H25ClN2O4S/c1-17-4-7-19(8-5-17)15-27(32(29,30)21-11-9-20(25)10-12-21)16-24(28)26-22-14-18(2)6-13-23(22)31-3/h4-14H,15-16H2,1-3H3,(H,26,28). The molecule has 0 heterocycles. The third-order valence-electron chi connectivity index (χ3n) is 4.88. The number of halogens is 1. The Morgan fingerprint density at radius 3 is 2.22 bits per heavy atom. The van der Waals surface area contributed by atoms with E-state index in [2.05, 4.69) is 5.32 Å². The number of aryl methyl sites for hydroxylation is 2. The molecule has 0 aliphatic heterocycles. The molecule has 0 saturated carbocycles. The zero-order valence-electron chi connectivity index (χ0n) is 18.1. The van der Waals surface area contributed by atoms with Crippen molar-refractivity contribution in [3.8, 4) is 5.75 Å². The van der Waals surface area contributed by atoms with Crippen LogP contribution >= 0.6 is 11.6 Å². The molecule has 0 aromatic heterocycles. The fraction of sp³-hybridized carbons (Fsp3) is 0.208. The summed E-state index contributed by atoms with van der Waals surface area (Å²) < 4.78 is 33.2. The van der Waals surface area contributed by atoms with Crippen LogP contribution in [0.1, 0.15) is 16.7 Å². The van der Waals surface area contributed by atoms with Crippen LogP contribution in [0.15, 0.2) is 71.6 Å². The van der Waals surface area contributed by atoms with Crippen molar-refractivity contribution in [2.75, 3.05) is 19.0 Å². The number of rotatable bonds is 8. The number of sulfonamides is 1. The van der Waals surface area contributed by atoms with Gasteiger partial charge < -0.3 is 10.1 Å². The minimum absolute atomic E-state index is 0.0453. The van der Waals surface area contributed by atoms with E-state index in [0.717, 1.165) is 21.0 Å². The highest BCUT2D eigenvalue weighted by Gasteiger charge is 2.27. The Balaban J connectivity index is 1.89. The number of amides is 1. The molecule has 0 atom stereocenters. The van der Waals surface area contributed by atoms with E-state index >= 15 is 0 Å². The minimum Gasteiger partial charge on any atom is -0.495 e. The van der Waals surface area contributed by atoms with Gasteiger partial charge in [0.25, 0.3) is 0 Å². The zero-order valence-corrected chi connectivity index (χ0v) is 19.7. The highest BCUT2D eigenvalue weighted by atomic mass is 35.5. The number of methoxy groups -OCH3 is 1. The largest absolute Gasteiger partial charge is 0.495 e. The fourth-order valence-electron chi connectivity index (χ4n) is 3.15. The van der Waals surface area contributed by atoms with E-state index in [9.17, 15) is 13.2 Å². The number of nitrogens with one attached hydrogen (secondary N) is 1. The monoisotopic (exact) mass is 472 g/mol. The number of nitrogens with zero attached hydrogens (tertiary/aromatic N) is 1. The normalized spacial score (nSPS) is 11.4. The molecule has 0 aliphatic rings. The summed E-state index contributed by atoms with van der Waals surface area (Å²) in [6, 6.07) is 18.8. The summed E-state index contributed by atoms with van der Waals surface area (Å²) in [6.07, 6.45) is 0. The smallest absolute Gasteiger partial charge is 0.243 e. The summed E-state index contributed by atoms with van der Waals surface area (Å²) in [6.45, 7) is 3.53. The van der Waals surface area contributed by atoms with Gasteiger partial charge in [0.15, 0.2) is 0 Å². The van der Waals surface area contributed by atoms with Crippen LogP contribution in [0.2, 0.25) is 5.02 Å². The minimum atomic E-state index is -3.95. The molecule has 0 unspecified atom stereocenters. The van der Waals surface area contributed by atoms with Crippen molar-refractivity contribution in [2.24, 2.45) is 0 Å². The van der Waals surface area contributed by atoms with E-state index in [-0.39, 0.29) is 18.0 Å². The van der Waals surface area contributed by atoms with Gasteiger partial charge in [-0.25, -0.2) is 8.42 Å². The maximum absolute atomic E-state index is 13.4. The Hall–Kier alpha value is -2.87. The topological polar surface area (TPSA) is 75.7 Å². The Morgan fingerprint density at radius 1 is 0.969 bits per heavy atom. The van der Waals surface area contributed by atoms with Gasteiger partial charge in [0.05, 0.1) is 24.2 Å². The van der Waals surface area contributed by atoms with Crippen LogP contribution in [0.25, 0.3) is 0 Å². The van der Waals surface area contributed by atoms with Gasteiger partial charge in [-0.2, -0.15) is 4.31 Å². The molecule has 6 nitrogen and oxygen atoms in total. The van der Waals surface area contributed by atoms with Gasteiger partial charge in [-0.3, -0.25) is 4.79 Å². The average Bonchev–Trinajstić information content (AvgIpc) is 2.75. The van der Waals surface area contributed by atoms with E-state index in [0.29, 0.717) is 16.5 Å². The van der Waals surface area contributed by atoms with Crippen LogP contribution in [0.5, 0.6) is 5.75 Å². The Morgan fingerprint density at radius 2 is 1.59 bits per heavy atom. The number of benzene rings is 3. The van der Waals surface area contributed by atoms with Gasteiger partial charge in [-0.15, -0.1) is 0 Å². The van der Waals surface area contributed by atoms with Gasteiger partial charge in [0, 0.05) is 11.6 Å². The van der Waals surface area contributed by atoms with Gasteiger partial charge >= 0.3 is 0 Å². The molecule has 0 spiro atoms. The van der Waals surface area contributed by atoms with Crippen LogP contribution in [0, 0.1) is 13.8 Å². The third kappa shape index (κ3) is 5.88. The predicted molar refractivity (Wildman–Crippen MR) is 127 cm³/mol. The van der Waals surface area contributed by atoms with Crippen LogP contribution < -0.4 is 10.1 Å². The Kier molecular flexibility index (Phi) is 7.56. The van der Waals surface area contributed by atoms with Gasteiger partial charge in [-0.1, -0.05) is 47.5 Å². The lowest BCUT2D eigenvalue weighted by Gasteiger charge is -2.22. The van der Waals surface area contributed by atoms with Crippen molar-refractivity contribution in [2.45, 2.75) is 25.3 Å². The predicted octanol–water partition coefficient (Wildman–Crippen LogP) is 4.80. The summed E-state index contributed by atoms with van der Waals surface area (Å²) in [7, 11) is -2.45. The van der Waals surface area contributed by atoms with E-state index in [4.69, 9.17) is 16.3 Å². The number of ether oxygens (including phenoxy) is 1. The molecule has 3 aromatic carbocycles. The summed E-state index contributed by atoms with van der Waals surface area (Å²) in [5.74, 6) is 0.0214. The van der Waals surface area contributed by atoms with E-state index < -0.39 is 15.9 Å². The van der Waals surface area contributed by atoms with Crippen LogP contribution in [0.3, 0.4) is 0 Å². The van der Waals surface area contributed by atoms with Gasteiger partial charge in [0.1, 0.15) is 5.75 Å². The third-order valence-corrected chi connectivity index (χ3v) is 6.94. The molecule has 32 heavy (non-hydrogen) atoms. The first kappa shape index (κ1) is 23.8. The number of hydrogen-bond donors (Lipinski definition) is 1. The lowest BCUT2D eigenvalue weighted by Crippen LogP contribution is -2.37. The number of anilines is 1. The van der Waals surface area contributed by atoms with Gasteiger partial charge in [0.2, 0.25) is 15.9 Å². The van der Waals surface area contributed by atoms with Crippen molar-refractivity contribution in [1.82, 2.24) is 4.31 Å². The first-order valence-corrected chi connectivity index (χ1v) is 11.8. The van der Waals surface area contributed by atoms with Crippen molar-refractivity contribution in [3.05, 3.63) is 88.4 Å². The number of carbonyl (C=O) groups is 1. The van der Waals surface area contributed by atoms with Crippen molar-refractivity contribution in [1.29, 1.82) is 0 Å². The average molecular weight is 473 g/mol. The molecule has 168 valence electrons. The summed E-state index contributed by atoms with van der Waals surface area (Å²) in [5.41, 5.74) is 3.25. The lowest BCUT2D eigenvalue weighted by molar-refractivity contribution is -0.116. The molecule has 0 fully saturated rings. The SMILES string of the molecule is COc1ccc(C)cc1NC(=O)CN(Cc1ccc(C)cc1)S(=O)(=O)c1ccc(Cl)cc1. The summed E-state index contributed by atoms with van der Waals surface area (Å²) in [4.78, 5) is 12.9. The second kappa shape index (κ2) is 10.2. The molecule has 1 amide bonds. The summed E-state index contributed by atoms with van der Waals surface area (Å²) in [5, 5.41) is 3.20. The Labute approximate surface area is 193 Å². The van der Waals surface area contributed by atoms with Crippen molar-refractivity contribution < 1.29 is 17.9 Å². The van der Waals surface area contributed by atoms with E-state index in [1.807, 2.05) is 44.2 Å². The molecule has 8 heteroatoms. The molecule has 0 saturated heterocycles. The molecule has 3 aromatic rings. The maximum Gasteiger partial charge on any atom is 0.243 e. The van der Waals surface area contributed by atoms with E-state index in [1.165, 1.54) is 31.4 Å². The van der Waals surface area contributed by atoms with Crippen molar-refractivity contribution in [3.63, 3.8) is 0 Å². The first-order chi connectivity index (χ1) is 15.2. The van der Waals surface area contributed by atoms with E-state index in [1.54, 1.807) is 12.1 Å². The van der Waals surface area contributed by atoms with Gasteiger partial charge in [-0.05, 0) is 61.4 Å². The Bertz CT molecular complexity index is 1190. The molecular formula is C24H25ClN2O4S. The second-order valence-corrected chi connectivity index (χ2v) is 9.84. The molecule has 1 N–H and O–H groups in total. The highest BCUT2D eigenvalue weighted by Crippen LogP contribution is 2.26. The number of carbonyl (C=O) groups excluding carboxylic acids is 1. The highest BCUT2D eigenvalue weighted by molar-refractivity contribution is 7.89. The van der Waals surface area contributed by atoms with Crippen LogP contribution in [-0.2, 0) is 21.4 Å². The maximum atomic E-state index is 13.4. The molecular weight excluding hydrogens is 448 g/mol. The second-order valence-electron chi connectivity index (χ2n) is 7.46. The van der Waals surface area contributed by atoms with Crippen LogP contribution in [-0.4, -0.2) is 32.3 Å². The first-order valence-electron chi connectivity index (χ1n) is 9.95. The number of hydrogen-bond acceptors (Lipinski definition) is 4. The van der Waals surface area contributed by atoms with Crippen molar-refractivity contribution >= 4 is 33.2 Å². The molecule has 0 radical (unpaired) electrons. The fourth-order valence-corrected chi connectivity index (χ4v) is 4.66. The van der Waals surface area contributed by atoms with Crippen LogP contribution in [0.4, 0.5) is 5.69 Å². The lowest BCUT2D eigenvalue weighted by atomic mass is 10.1. The summed E-state index contributed by atoms with van der Waals surface area (Å²) >= 11 is 5.92.